The zero-order valence-electron chi connectivity index (χ0n) is 11.3. The molecule has 0 saturated carbocycles. The Bertz CT molecular complexity index is 648. The van der Waals surface area contributed by atoms with Gasteiger partial charge >= 0.3 is 5.97 Å². The van der Waals surface area contributed by atoms with Gasteiger partial charge in [-0.2, -0.15) is 0 Å². The Labute approximate surface area is 120 Å². The average molecular weight is 291 g/mol. The monoisotopic (exact) mass is 291 g/mol. The van der Waals surface area contributed by atoms with Crippen molar-refractivity contribution in [3.8, 4) is 0 Å². The molecule has 0 unspecified atom stereocenters. The molecule has 1 aromatic heterocycles. The molecular formula is C15H14FNO4. The second-order valence-electron chi connectivity index (χ2n) is 4.67. The summed E-state index contributed by atoms with van der Waals surface area (Å²) in [6.07, 6.45) is 0.526. The van der Waals surface area contributed by atoms with Crippen LogP contribution in [-0.4, -0.2) is 23.0 Å². The fourth-order valence-corrected chi connectivity index (χ4v) is 1.89. The van der Waals surface area contributed by atoms with E-state index in [2.05, 4.69) is 5.32 Å². The van der Waals surface area contributed by atoms with Crippen LogP contribution in [0.5, 0.6) is 0 Å². The number of furan rings is 1. The third-order valence-corrected chi connectivity index (χ3v) is 2.87. The van der Waals surface area contributed by atoms with Crippen molar-refractivity contribution in [3.05, 3.63) is 59.3 Å². The minimum Gasteiger partial charge on any atom is -0.475 e. The van der Waals surface area contributed by atoms with E-state index in [0.29, 0.717) is 6.42 Å². The first-order chi connectivity index (χ1) is 9.95. The molecule has 0 aliphatic heterocycles. The largest absolute Gasteiger partial charge is 0.475 e. The van der Waals surface area contributed by atoms with Crippen LogP contribution in [0.1, 0.15) is 33.6 Å². The first kappa shape index (κ1) is 14.8. The van der Waals surface area contributed by atoms with Crippen molar-refractivity contribution in [2.75, 3.05) is 0 Å². The molecule has 21 heavy (non-hydrogen) atoms. The molecule has 0 bridgehead atoms. The van der Waals surface area contributed by atoms with Crippen molar-refractivity contribution in [1.29, 1.82) is 0 Å². The predicted molar refractivity (Wildman–Crippen MR) is 72.7 cm³/mol. The van der Waals surface area contributed by atoms with Crippen molar-refractivity contribution < 1.29 is 23.5 Å². The summed E-state index contributed by atoms with van der Waals surface area (Å²) in [6, 6.07) is 8.33. The zero-order valence-corrected chi connectivity index (χ0v) is 11.3. The van der Waals surface area contributed by atoms with E-state index in [1.165, 1.54) is 24.3 Å². The number of nitrogens with one attached hydrogen (secondary N) is 1. The quantitative estimate of drug-likeness (QED) is 0.887. The Morgan fingerprint density at radius 2 is 1.81 bits per heavy atom. The van der Waals surface area contributed by atoms with E-state index < -0.39 is 11.9 Å². The molecule has 6 heteroatoms. The number of benzene rings is 1. The van der Waals surface area contributed by atoms with Crippen LogP contribution in [0.3, 0.4) is 0 Å². The maximum atomic E-state index is 12.8. The highest BCUT2D eigenvalue weighted by Gasteiger charge is 2.16. The van der Waals surface area contributed by atoms with E-state index >= 15 is 0 Å². The summed E-state index contributed by atoms with van der Waals surface area (Å²) >= 11 is 0. The van der Waals surface area contributed by atoms with Crippen molar-refractivity contribution in [3.63, 3.8) is 0 Å². The van der Waals surface area contributed by atoms with Gasteiger partial charge < -0.3 is 14.8 Å². The third-order valence-electron chi connectivity index (χ3n) is 2.87. The lowest BCUT2D eigenvalue weighted by molar-refractivity contribution is 0.0659. The van der Waals surface area contributed by atoms with Gasteiger partial charge in [0.15, 0.2) is 5.76 Å². The Kier molecular flexibility index (Phi) is 4.37. The number of carbonyl (C=O) groups excluding carboxylic acids is 1. The SMILES string of the molecule is C[C@H](Cc1ccc(F)cc1)NC(=O)c1ccc(C(=O)O)o1. The van der Waals surface area contributed by atoms with Gasteiger partial charge in [0.1, 0.15) is 5.82 Å². The molecule has 2 rings (SSSR count). The molecular weight excluding hydrogens is 277 g/mol. The highest BCUT2D eigenvalue weighted by Crippen LogP contribution is 2.09. The molecule has 1 atom stereocenters. The Hall–Kier alpha value is -2.63. The summed E-state index contributed by atoms with van der Waals surface area (Å²) in [7, 11) is 0. The van der Waals surface area contributed by atoms with Crippen LogP contribution in [-0.2, 0) is 6.42 Å². The zero-order chi connectivity index (χ0) is 15.4. The smallest absolute Gasteiger partial charge is 0.371 e. The van der Waals surface area contributed by atoms with Gasteiger partial charge in [-0.15, -0.1) is 0 Å². The average Bonchev–Trinajstić information content (AvgIpc) is 2.91. The molecule has 0 radical (unpaired) electrons. The highest BCUT2D eigenvalue weighted by molar-refractivity contribution is 5.93. The Morgan fingerprint density at radius 1 is 1.19 bits per heavy atom. The third kappa shape index (κ3) is 3.92. The molecule has 1 aromatic carbocycles. The van der Waals surface area contributed by atoms with E-state index in [1.807, 2.05) is 0 Å². The molecule has 110 valence electrons. The number of carboxylic acid groups (broad SMARTS) is 1. The number of rotatable bonds is 5. The second kappa shape index (κ2) is 6.21. The van der Waals surface area contributed by atoms with Gasteiger partial charge in [-0.05, 0) is 43.2 Å². The van der Waals surface area contributed by atoms with E-state index in [9.17, 15) is 14.0 Å². The molecule has 2 aromatic rings. The summed E-state index contributed by atoms with van der Waals surface area (Å²) in [6.45, 7) is 1.79. The number of halogens is 1. The maximum absolute atomic E-state index is 12.8. The van der Waals surface area contributed by atoms with Gasteiger partial charge in [0.05, 0.1) is 0 Å². The van der Waals surface area contributed by atoms with E-state index in [0.717, 1.165) is 5.56 Å². The summed E-state index contributed by atoms with van der Waals surface area (Å²) in [5.41, 5.74) is 0.884. The lowest BCUT2D eigenvalue weighted by atomic mass is 10.1. The van der Waals surface area contributed by atoms with Crippen molar-refractivity contribution in [1.82, 2.24) is 5.32 Å². The van der Waals surface area contributed by atoms with E-state index in [1.54, 1.807) is 19.1 Å². The van der Waals surface area contributed by atoms with Gasteiger partial charge in [-0.1, -0.05) is 12.1 Å². The summed E-state index contributed by atoms with van der Waals surface area (Å²) in [5, 5.41) is 11.4. The Balaban J connectivity index is 1.95. The lowest BCUT2D eigenvalue weighted by Gasteiger charge is -2.12. The van der Waals surface area contributed by atoms with Gasteiger partial charge in [0.2, 0.25) is 5.76 Å². The molecule has 0 aliphatic carbocycles. The van der Waals surface area contributed by atoms with Crippen LogP contribution in [0.15, 0.2) is 40.8 Å². The normalized spacial score (nSPS) is 11.9. The molecule has 0 aliphatic rings. The minimum atomic E-state index is -1.23. The molecule has 5 nitrogen and oxygen atoms in total. The number of carboxylic acids is 1. The standard InChI is InChI=1S/C15H14FNO4/c1-9(8-10-2-4-11(16)5-3-10)17-14(18)12-6-7-13(21-12)15(19)20/h2-7,9H,8H2,1H3,(H,17,18)(H,19,20)/t9-/m1/s1. The highest BCUT2D eigenvalue weighted by atomic mass is 19.1. The first-order valence-corrected chi connectivity index (χ1v) is 6.34. The molecule has 0 fully saturated rings. The van der Waals surface area contributed by atoms with Crippen LogP contribution >= 0.6 is 0 Å². The van der Waals surface area contributed by atoms with Crippen LogP contribution in [0.4, 0.5) is 4.39 Å². The Morgan fingerprint density at radius 3 is 2.38 bits per heavy atom. The maximum Gasteiger partial charge on any atom is 0.371 e. The minimum absolute atomic E-state index is 0.0571. The van der Waals surface area contributed by atoms with Crippen molar-refractivity contribution >= 4 is 11.9 Å². The molecule has 1 heterocycles. The van der Waals surface area contributed by atoms with E-state index in [4.69, 9.17) is 9.52 Å². The van der Waals surface area contributed by atoms with Crippen LogP contribution < -0.4 is 5.32 Å². The van der Waals surface area contributed by atoms with Gasteiger partial charge in [0.25, 0.3) is 5.91 Å². The number of aromatic carboxylic acids is 1. The lowest BCUT2D eigenvalue weighted by Crippen LogP contribution is -2.33. The predicted octanol–water partition coefficient (Wildman–Crippen LogP) is 2.48. The van der Waals surface area contributed by atoms with Crippen molar-refractivity contribution in [2.24, 2.45) is 0 Å². The summed E-state index contributed by atoms with van der Waals surface area (Å²) < 4.78 is 17.7. The second-order valence-corrected chi connectivity index (χ2v) is 4.67. The molecule has 0 spiro atoms. The topological polar surface area (TPSA) is 79.5 Å². The van der Waals surface area contributed by atoms with Gasteiger partial charge in [-0.3, -0.25) is 4.79 Å². The van der Waals surface area contributed by atoms with Crippen LogP contribution in [0.2, 0.25) is 0 Å². The molecule has 2 N–H and O–H groups in total. The number of carbonyl (C=O) groups is 2. The van der Waals surface area contributed by atoms with Crippen LogP contribution in [0, 0.1) is 5.82 Å². The molecule has 1 amide bonds. The fraction of sp³-hybridized carbons (Fsp3) is 0.200. The first-order valence-electron chi connectivity index (χ1n) is 6.34. The number of hydrogen-bond acceptors (Lipinski definition) is 3. The summed E-state index contributed by atoms with van der Waals surface area (Å²) in [4.78, 5) is 22.5. The fourth-order valence-electron chi connectivity index (χ4n) is 1.89. The summed E-state index contributed by atoms with van der Waals surface area (Å²) in [5.74, 6) is -2.37. The van der Waals surface area contributed by atoms with Gasteiger partial charge in [0, 0.05) is 6.04 Å². The van der Waals surface area contributed by atoms with Gasteiger partial charge in [-0.25, -0.2) is 9.18 Å². The van der Waals surface area contributed by atoms with Crippen molar-refractivity contribution in [2.45, 2.75) is 19.4 Å². The number of hydrogen-bond donors (Lipinski definition) is 2. The van der Waals surface area contributed by atoms with Crippen LogP contribution in [0.25, 0.3) is 0 Å². The number of amides is 1. The van der Waals surface area contributed by atoms with E-state index in [-0.39, 0.29) is 23.4 Å². The molecule has 0 saturated heterocycles.